The number of para-hydroxylation sites is 1. The molecule has 1 N–H and O–H groups in total. The first-order valence-corrected chi connectivity index (χ1v) is 12.2. The first-order valence-electron chi connectivity index (χ1n) is 12.2. The number of nitrogens with zero attached hydrogens (tertiary/aromatic N) is 2. The van der Waals surface area contributed by atoms with E-state index in [-0.39, 0.29) is 23.8 Å². The van der Waals surface area contributed by atoms with Crippen LogP contribution in [-0.4, -0.2) is 49.5 Å². The molecule has 174 valence electrons. The molecule has 3 aliphatic rings. The molecule has 33 heavy (non-hydrogen) atoms. The second-order valence-corrected chi connectivity index (χ2v) is 9.58. The number of hydrogen-bond donors (Lipinski definition) is 1. The van der Waals surface area contributed by atoms with Gasteiger partial charge in [-0.15, -0.1) is 0 Å². The van der Waals surface area contributed by atoms with Gasteiger partial charge in [-0.1, -0.05) is 24.3 Å². The van der Waals surface area contributed by atoms with Gasteiger partial charge >= 0.3 is 0 Å². The van der Waals surface area contributed by atoms with E-state index in [9.17, 15) is 9.59 Å². The van der Waals surface area contributed by atoms with Crippen molar-refractivity contribution in [2.75, 3.05) is 31.6 Å². The van der Waals surface area contributed by atoms with E-state index in [1.54, 1.807) is 12.0 Å². The van der Waals surface area contributed by atoms with Gasteiger partial charge in [0, 0.05) is 49.9 Å². The fraction of sp³-hybridized carbons (Fsp3) is 0.481. The van der Waals surface area contributed by atoms with Crippen molar-refractivity contribution in [2.45, 2.75) is 51.1 Å². The van der Waals surface area contributed by atoms with E-state index in [1.165, 1.54) is 23.1 Å². The highest BCUT2D eigenvalue weighted by Gasteiger charge is 2.36. The lowest BCUT2D eigenvalue weighted by atomic mass is 10.0. The minimum atomic E-state index is -0.266. The molecular formula is C27H33N3O3. The van der Waals surface area contributed by atoms with Crippen LogP contribution in [0.5, 0.6) is 5.75 Å². The molecule has 0 spiro atoms. The van der Waals surface area contributed by atoms with E-state index >= 15 is 0 Å². The molecule has 5 rings (SSSR count). The molecule has 1 aliphatic carbocycles. The number of hydrogen-bond acceptors (Lipinski definition) is 4. The maximum atomic E-state index is 13.0. The Balaban J connectivity index is 1.12. The zero-order valence-electron chi connectivity index (χ0n) is 19.4. The van der Waals surface area contributed by atoms with Crippen LogP contribution in [0.25, 0.3) is 0 Å². The van der Waals surface area contributed by atoms with Crippen LogP contribution in [-0.2, 0) is 29.0 Å². The van der Waals surface area contributed by atoms with Crippen molar-refractivity contribution in [3.05, 3.63) is 59.2 Å². The molecule has 0 radical (unpaired) electrons. The molecule has 1 unspecified atom stereocenters. The van der Waals surface area contributed by atoms with Crippen LogP contribution in [0.4, 0.5) is 5.69 Å². The molecule has 0 bridgehead atoms. The van der Waals surface area contributed by atoms with E-state index in [4.69, 9.17) is 4.74 Å². The predicted octanol–water partition coefficient (Wildman–Crippen LogP) is 3.32. The van der Waals surface area contributed by atoms with E-state index in [0.717, 1.165) is 56.8 Å². The van der Waals surface area contributed by atoms with Gasteiger partial charge in [0.15, 0.2) is 0 Å². The van der Waals surface area contributed by atoms with Gasteiger partial charge < -0.3 is 15.0 Å². The zero-order valence-corrected chi connectivity index (χ0v) is 19.4. The highest BCUT2D eigenvalue weighted by molar-refractivity contribution is 6.00. The number of likely N-dealkylation sites (tertiary alicyclic amines) is 1. The van der Waals surface area contributed by atoms with Crippen molar-refractivity contribution >= 4 is 17.5 Å². The third kappa shape index (κ3) is 4.76. The van der Waals surface area contributed by atoms with Gasteiger partial charge in [0.1, 0.15) is 5.75 Å². The predicted molar refractivity (Wildman–Crippen MR) is 128 cm³/mol. The number of rotatable bonds is 6. The van der Waals surface area contributed by atoms with Gasteiger partial charge in [-0.05, 0) is 61.4 Å². The zero-order chi connectivity index (χ0) is 22.8. The van der Waals surface area contributed by atoms with Crippen LogP contribution in [0.1, 0.15) is 42.4 Å². The van der Waals surface area contributed by atoms with Gasteiger partial charge in [-0.2, -0.15) is 0 Å². The van der Waals surface area contributed by atoms with Gasteiger partial charge in [0.25, 0.3) is 0 Å². The number of ether oxygens (including phenoxy) is 1. The minimum Gasteiger partial charge on any atom is -0.496 e. The van der Waals surface area contributed by atoms with Crippen molar-refractivity contribution in [3.63, 3.8) is 0 Å². The van der Waals surface area contributed by atoms with Crippen LogP contribution in [0.3, 0.4) is 0 Å². The van der Waals surface area contributed by atoms with Crippen molar-refractivity contribution in [3.8, 4) is 5.75 Å². The van der Waals surface area contributed by atoms with E-state index in [2.05, 4.69) is 28.4 Å². The summed E-state index contributed by atoms with van der Waals surface area (Å²) in [7, 11) is 1.71. The lowest BCUT2D eigenvalue weighted by molar-refractivity contribution is -0.127. The van der Waals surface area contributed by atoms with Crippen molar-refractivity contribution in [1.82, 2.24) is 10.2 Å². The summed E-state index contributed by atoms with van der Waals surface area (Å²) in [6.45, 7) is 3.22. The Morgan fingerprint density at radius 2 is 1.88 bits per heavy atom. The quantitative estimate of drug-likeness (QED) is 0.738. The molecule has 2 aliphatic heterocycles. The molecule has 2 fully saturated rings. The first kappa shape index (κ1) is 22.0. The summed E-state index contributed by atoms with van der Waals surface area (Å²) in [4.78, 5) is 29.9. The molecule has 6 heteroatoms. The summed E-state index contributed by atoms with van der Waals surface area (Å²) < 4.78 is 5.47. The Bertz CT molecular complexity index is 1030. The number of anilines is 1. The molecule has 1 atom stereocenters. The summed E-state index contributed by atoms with van der Waals surface area (Å²) >= 11 is 0. The highest BCUT2D eigenvalue weighted by Crippen LogP contribution is 2.31. The summed E-state index contributed by atoms with van der Waals surface area (Å²) in [6, 6.07) is 14.7. The van der Waals surface area contributed by atoms with E-state index in [0.29, 0.717) is 13.0 Å². The second-order valence-electron chi connectivity index (χ2n) is 9.58. The standard InChI is InChI=1S/C27H33N3O3/c1-33-25-8-3-2-5-21(25)17-29-13-11-23(12-14-29)28-27(32)22-16-26(31)30(18-22)24-10-9-19-6-4-7-20(19)15-24/h2-3,5,8-10,15,22-23H,4,6-7,11-14,16-18H2,1H3,(H,28,32). The fourth-order valence-corrected chi connectivity index (χ4v) is 5.49. The summed E-state index contributed by atoms with van der Waals surface area (Å²) in [5.74, 6) is 0.735. The van der Waals surface area contributed by atoms with Crippen molar-refractivity contribution in [1.29, 1.82) is 0 Å². The van der Waals surface area contributed by atoms with E-state index < -0.39 is 0 Å². The van der Waals surface area contributed by atoms with Crippen LogP contribution < -0.4 is 15.0 Å². The van der Waals surface area contributed by atoms with Gasteiger partial charge in [-0.25, -0.2) is 0 Å². The maximum absolute atomic E-state index is 13.0. The molecule has 2 aromatic carbocycles. The van der Waals surface area contributed by atoms with Crippen LogP contribution in [0, 0.1) is 5.92 Å². The van der Waals surface area contributed by atoms with Gasteiger partial charge in [-0.3, -0.25) is 14.5 Å². The number of benzene rings is 2. The Kier molecular flexibility index (Phi) is 6.36. The monoisotopic (exact) mass is 447 g/mol. The average Bonchev–Trinajstić information content (AvgIpc) is 3.46. The summed E-state index contributed by atoms with van der Waals surface area (Å²) in [5.41, 5.74) is 4.89. The first-order chi connectivity index (χ1) is 16.1. The molecule has 6 nitrogen and oxygen atoms in total. The number of amides is 2. The fourth-order valence-electron chi connectivity index (χ4n) is 5.49. The number of piperidine rings is 1. The highest BCUT2D eigenvalue weighted by atomic mass is 16.5. The van der Waals surface area contributed by atoms with E-state index in [1.807, 2.05) is 24.3 Å². The van der Waals surface area contributed by atoms with Gasteiger partial charge in [0.2, 0.25) is 11.8 Å². The Morgan fingerprint density at radius 3 is 2.70 bits per heavy atom. The topological polar surface area (TPSA) is 61.9 Å². The lowest BCUT2D eigenvalue weighted by Gasteiger charge is -2.33. The normalized spacial score (nSPS) is 21.3. The number of methoxy groups -OCH3 is 1. The largest absolute Gasteiger partial charge is 0.496 e. The molecule has 2 amide bonds. The molecule has 0 saturated carbocycles. The summed E-state index contributed by atoms with van der Waals surface area (Å²) in [6.07, 6.45) is 5.56. The van der Waals surface area contributed by atoms with Crippen LogP contribution in [0.2, 0.25) is 0 Å². The molecule has 2 aromatic rings. The number of nitrogens with one attached hydrogen (secondary N) is 1. The number of fused-ring (bicyclic) bond motifs is 1. The SMILES string of the molecule is COc1ccccc1CN1CCC(NC(=O)C2CC(=O)N(c3ccc4c(c3)CCC4)C2)CC1. The number of carbonyl (C=O) groups excluding carboxylic acids is 2. The molecule has 2 heterocycles. The minimum absolute atomic E-state index is 0.0233. The Morgan fingerprint density at radius 1 is 1.09 bits per heavy atom. The molecular weight excluding hydrogens is 414 g/mol. The molecule has 2 saturated heterocycles. The average molecular weight is 448 g/mol. The third-order valence-electron chi connectivity index (χ3n) is 7.41. The second kappa shape index (κ2) is 9.56. The Labute approximate surface area is 195 Å². The number of aryl methyl sites for hydroxylation is 2. The molecule has 0 aromatic heterocycles. The van der Waals surface area contributed by atoms with Crippen LogP contribution in [0.15, 0.2) is 42.5 Å². The summed E-state index contributed by atoms with van der Waals surface area (Å²) in [5, 5.41) is 3.23. The smallest absolute Gasteiger partial charge is 0.227 e. The van der Waals surface area contributed by atoms with Crippen molar-refractivity contribution < 1.29 is 14.3 Å². The lowest BCUT2D eigenvalue weighted by Crippen LogP contribution is -2.46. The third-order valence-corrected chi connectivity index (χ3v) is 7.41. The van der Waals surface area contributed by atoms with Crippen LogP contribution >= 0.6 is 0 Å². The Hall–Kier alpha value is -2.86. The number of carbonyl (C=O) groups is 2. The maximum Gasteiger partial charge on any atom is 0.227 e. The van der Waals surface area contributed by atoms with Gasteiger partial charge in [0.05, 0.1) is 13.0 Å². The van der Waals surface area contributed by atoms with Crippen molar-refractivity contribution in [2.24, 2.45) is 5.92 Å².